The number of alkyl halides is 6. The van der Waals surface area contributed by atoms with Crippen molar-refractivity contribution < 1.29 is 26.3 Å². The summed E-state index contributed by atoms with van der Waals surface area (Å²) in [6, 6.07) is 18.1. The molecule has 0 unspecified atom stereocenters. The molecule has 0 amide bonds. The number of hydrogen-bond donors (Lipinski definition) is 0. The van der Waals surface area contributed by atoms with Gasteiger partial charge in [-0.05, 0) is 31.9 Å². The largest absolute Gasteiger partial charge is 0.411 e. The first-order chi connectivity index (χ1) is 13.9. The van der Waals surface area contributed by atoms with E-state index in [0.29, 0.717) is 5.56 Å². The minimum Gasteiger partial charge on any atom is -0.169 e. The summed E-state index contributed by atoms with van der Waals surface area (Å²) in [5.74, 6) is 0. The second kappa shape index (κ2) is 8.94. The van der Waals surface area contributed by atoms with Crippen LogP contribution in [-0.4, -0.2) is 12.4 Å². The van der Waals surface area contributed by atoms with Crippen LogP contribution in [-0.2, 0) is 5.41 Å². The maximum atomic E-state index is 13.6. The Hall–Kier alpha value is -2.76. The molecule has 0 nitrogen and oxygen atoms in total. The predicted octanol–water partition coefficient (Wildman–Crippen LogP) is 7.71. The van der Waals surface area contributed by atoms with Gasteiger partial charge in [-0.2, -0.15) is 26.3 Å². The van der Waals surface area contributed by atoms with Gasteiger partial charge >= 0.3 is 12.4 Å². The highest BCUT2D eigenvalue weighted by Gasteiger charge is 2.72. The van der Waals surface area contributed by atoms with Crippen LogP contribution in [0.25, 0.3) is 0 Å². The summed E-state index contributed by atoms with van der Waals surface area (Å²) < 4.78 is 81.7. The zero-order chi connectivity index (χ0) is 22.6. The van der Waals surface area contributed by atoms with Crippen LogP contribution in [0.4, 0.5) is 26.3 Å². The van der Waals surface area contributed by atoms with Gasteiger partial charge in [0.15, 0.2) is 0 Å². The molecule has 0 aliphatic heterocycles. The first-order valence-electron chi connectivity index (χ1n) is 9.19. The highest BCUT2D eigenvalue weighted by atomic mass is 19.4. The molecular formula is C24H22F6. The Morgan fingerprint density at radius 1 is 0.433 bits per heavy atom. The van der Waals surface area contributed by atoms with E-state index < -0.39 is 28.9 Å². The molecule has 0 atom stereocenters. The van der Waals surface area contributed by atoms with Crippen LogP contribution >= 0.6 is 0 Å². The van der Waals surface area contributed by atoms with Gasteiger partial charge < -0.3 is 0 Å². The SMILES string of the molecule is Cc1ccc(C(c2ccccc2)(C(F)(F)F)C(F)(F)F)cc1.Cc1ccc(C)cc1. The van der Waals surface area contributed by atoms with Crippen molar-refractivity contribution in [3.8, 4) is 0 Å². The number of benzene rings is 3. The molecule has 160 valence electrons. The number of rotatable bonds is 2. The first-order valence-corrected chi connectivity index (χ1v) is 9.19. The van der Waals surface area contributed by atoms with Gasteiger partial charge in [-0.25, -0.2) is 0 Å². The molecule has 0 radical (unpaired) electrons. The van der Waals surface area contributed by atoms with Crippen LogP contribution in [0.3, 0.4) is 0 Å². The van der Waals surface area contributed by atoms with Gasteiger partial charge in [-0.1, -0.05) is 95.6 Å². The van der Waals surface area contributed by atoms with Gasteiger partial charge in [0.1, 0.15) is 0 Å². The number of aryl methyl sites for hydroxylation is 3. The van der Waals surface area contributed by atoms with Gasteiger partial charge in [0.05, 0.1) is 0 Å². The highest BCUT2D eigenvalue weighted by Crippen LogP contribution is 2.56. The van der Waals surface area contributed by atoms with E-state index in [0.717, 1.165) is 36.4 Å². The molecule has 30 heavy (non-hydrogen) atoms. The summed E-state index contributed by atoms with van der Waals surface area (Å²) in [6.45, 7) is 5.79. The third-order valence-corrected chi connectivity index (χ3v) is 4.76. The summed E-state index contributed by atoms with van der Waals surface area (Å²) in [5, 5.41) is 0. The Labute approximate surface area is 172 Å². The van der Waals surface area contributed by atoms with E-state index >= 15 is 0 Å². The third kappa shape index (κ3) is 4.86. The third-order valence-electron chi connectivity index (χ3n) is 4.76. The minimum atomic E-state index is -5.53. The fraction of sp³-hybridized carbons (Fsp3) is 0.250. The molecule has 0 aliphatic carbocycles. The maximum Gasteiger partial charge on any atom is 0.411 e. The molecule has 0 heterocycles. The lowest BCUT2D eigenvalue weighted by Crippen LogP contribution is -2.54. The van der Waals surface area contributed by atoms with Gasteiger partial charge in [0.2, 0.25) is 5.41 Å². The molecular weight excluding hydrogens is 402 g/mol. The Morgan fingerprint density at radius 3 is 1.07 bits per heavy atom. The summed E-state index contributed by atoms with van der Waals surface area (Å²) in [7, 11) is 0. The molecule has 3 aromatic rings. The standard InChI is InChI=1S/C16H12F6.C8H10/c1-11-7-9-13(10-8-11)14(15(17,18)19,16(20,21)22)12-5-3-2-4-6-12;1-7-3-5-8(2)6-4-7/h2-10H,1H3;3-6H,1-2H3. The fourth-order valence-electron chi connectivity index (χ4n) is 3.11. The van der Waals surface area contributed by atoms with Gasteiger partial charge in [-0.15, -0.1) is 0 Å². The zero-order valence-electron chi connectivity index (χ0n) is 16.8. The van der Waals surface area contributed by atoms with Gasteiger partial charge in [0.25, 0.3) is 0 Å². The average Bonchev–Trinajstić information content (AvgIpc) is 2.65. The molecule has 0 fully saturated rings. The zero-order valence-corrected chi connectivity index (χ0v) is 16.8. The quantitative estimate of drug-likeness (QED) is 0.370. The first kappa shape index (κ1) is 23.5. The fourth-order valence-corrected chi connectivity index (χ4v) is 3.11. The van der Waals surface area contributed by atoms with E-state index in [-0.39, 0.29) is 0 Å². The normalized spacial score (nSPS) is 12.2. The topological polar surface area (TPSA) is 0 Å². The summed E-state index contributed by atoms with van der Waals surface area (Å²) in [4.78, 5) is 0. The van der Waals surface area contributed by atoms with Crippen molar-refractivity contribution in [1.29, 1.82) is 0 Å². The lowest BCUT2D eigenvalue weighted by atomic mass is 9.73. The number of halogens is 6. The lowest BCUT2D eigenvalue weighted by molar-refractivity contribution is -0.288. The molecule has 0 spiro atoms. The molecule has 0 aromatic heterocycles. The van der Waals surface area contributed by atoms with Crippen molar-refractivity contribution in [3.05, 3.63) is 107 Å². The van der Waals surface area contributed by atoms with E-state index in [9.17, 15) is 26.3 Å². The molecule has 3 aromatic carbocycles. The second-order valence-corrected chi connectivity index (χ2v) is 7.13. The van der Waals surface area contributed by atoms with Crippen LogP contribution < -0.4 is 0 Å². The molecule has 0 bridgehead atoms. The smallest absolute Gasteiger partial charge is 0.169 e. The lowest BCUT2D eigenvalue weighted by Gasteiger charge is -2.38. The average molecular weight is 424 g/mol. The van der Waals surface area contributed by atoms with Crippen molar-refractivity contribution in [2.75, 3.05) is 0 Å². The van der Waals surface area contributed by atoms with Crippen LogP contribution in [0.5, 0.6) is 0 Å². The number of hydrogen-bond acceptors (Lipinski definition) is 0. The van der Waals surface area contributed by atoms with Crippen molar-refractivity contribution in [1.82, 2.24) is 0 Å². The molecule has 0 aliphatic rings. The van der Waals surface area contributed by atoms with Crippen LogP contribution in [0, 0.1) is 20.8 Å². The second-order valence-electron chi connectivity index (χ2n) is 7.13. The van der Waals surface area contributed by atoms with Crippen molar-refractivity contribution in [2.24, 2.45) is 0 Å². The Kier molecular flexibility index (Phi) is 7.01. The molecule has 3 rings (SSSR count). The van der Waals surface area contributed by atoms with Crippen LogP contribution in [0.1, 0.15) is 27.8 Å². The summed E-state index contributed by atoms with van der Waals surface area (Å²) in [5.41, 5.74) is -2.50. The molecule has 6 heteroatoms. The van der Waals surface area contributed by atoms with E-state index in [2.05, 4.69) is 38.1 Å². The Morgan fingerprint density at radius 2 is 0.733 bits per heavy atom. The Balaban J connectivity index is 0.000000335. The highest BCUT2D eigenvalue weighted by molar-refractivity contribution is 5.44. The van der Waals surface area contributed by atoms with Crippen molar-refractivity contribution in [2.45, 2.75) is 38.5 Å². The minimum absolute atomic E-state index is 0.579. The van der Waals surface area contributed by atoms with Crippen LogP contribution in [0.15, 0.2) is 78.9 Å². The van der Waals surface area contributed by atoms with E-state index in [1.165, 1.54) is 29.3 Å². The molecule has 0 saturated carbocycles. The van der Waals surface area contributed by atoms with E-state index in [1.54, 1.807) is 6.92 Å². The monoisotopic (exact) mass is 424 g/mol. The maximum absolute atomic E-state index is 13.6. The predicted molar refractivity (Wildman–Crippen MR) is 106 cm³/mol. The van der Waals surface area contributed by atoms with Crippen molar-refractivity contribution in [3.63, 3.8) is 0 Å². The van der Waals surface area contributed by atoms with Crippen molar-refractivity contribution >= 4 is 0 Å². The molecule has 0 N–H and O–H groups in total. The summed E-state index contributed by atoms with van der Waals surface area (Å²) >= 11 is 0. The van der Waals surface area contributed by atoms with E-state index in [4.69, 9.17) is 0 Å². The van der Waals surface area contributed by atoms with Gasteiger partial charge in [-0.3, -0.25) is 0 Å². The summed E-state index contributed by atoms with van der Waals surface area (Å²) in [6.07, 6.45) is -11.1. The van der Waals surface area contributed by atoms with Crippen LogP contribution in [0.2, 0.25) is 0 Å². The van der Waals surface area contributed by atoms with Gasteiger partial charge in [0, 0.05) is 0 Å². The van der Waals surface area contributed by atoms with E-state index in [1.807, 2.05) is 0 Å². The Bertz CT molecular complexity index is 886. The molecule has 0 saturated heterocycles.